The monoisotopic (exact) mass is 600 g/mol. The zero-order chi connectivity index (χ0) is 30.7. The van der Waals surface area contributed by atoms with Crippen molar-refractivity contribution < 1.29 is 37.5 Å². The van der Waals surface area contributed by atoms with Gasteiger partial charge >= 0.3 is 5.97 Å². The standard InChI is InChI=1S/C31H38F2N4O6/c1-18-4-8-21(32)15-26(18)35-31-34-25-13-7-20(28(33)29(25)43-31)14-27(38)37-22(16-36(2)41-3)9-10-23(37)17-42-24-11-5-19(6-12-24)30(39)40/h4,7-8,13,15,19,22-24H,5-6,9-12,14,16-17H2,1-3H3,(H,34,35)(H,39,40)/t19?,22-,23-,24?/m0/s1. The smallest absolute Gasteiger partial charge is 0.306 e. The van der Waals surface area contributed by atoms with Gasteiger partial charge in [-0.25, -0.2) is 8.78 Å². The average Bonchev–Trinajstić information content (AvgIpc) is 3.59. The zero-order valence-electron chi connectivity index (χ0n) is 24.6. The molecule has 1 saturated carbocycles. The molecule has 2 atom stereocenters. The van der Waals surface area contributed by atoms with Gasteiger partial charge in [0.25, 0.3) is 6.01 Å². The molecule has 1 aliphatic carbocycles. The van der Waals surface area contributed by atoms with Gasteiger partial charge in [0.2, 0.25) is 5.91 Å². The molecule has 0 unspecified atom stereocenters. The van der Waals surface area contributed by atoms with E-state index < -0.39 is 17.6 Å². The van der Waals surface area contributed by atoms with E-state index in [9.17, 15) is 19.1 Å². The van der Waals surface area contributed by atoms with Crippen LogP contribution in [0.2, 0.25) is 0 Å². The minimum atomic E-state index is -0.763. The second-order valence-corrected chi connectivity index (χ2v) is 11.5. The first-order chi connectivity index (χ1) is 20.6. The average molecular weight is 601 g/mol. The number of likely N-dealkylation sites (N-methyl/N-ethyl adjacent to an activating group) is 1. The number of carboxylic acid groups (broad SMARTS) is 1. The molecular weight excluding hydrogens is 562 g/mol. The number of hydrogen-bond acceptors (Lipinski definition) is 8. The van der Waals surface area contributed by atoms with Gasteiger partial charge in [-0.1, -0.05) is 12.1 Å². The van der Waals surface area contributed by atoms with Crippen molar-refractivity contribution in [3.8, 4) is 0 Å². The molecule has 2 aliphatic rings. The van der Waals surface area contributed by atoms with Gasteiger partial charge in [-0.15, -0.1) is 0 Å². The number of benzene rings is 2. The molecule has 10 nitrogen and oxygen atoms in total. The number of fused-ring (bicyclic) bond motifs is 1. The summed E-state index contributed by atoms with van der Waals surface area (Å²) in [4.78, 5) is 36.4. The molecule has 0 spiro atoms. The number of carbonyl (C=O) groups is 2. The van der Waals surface area contributed by atoms with Crippen molar-refractivity contribution in [3.05, 3.63) is 53.1 Å². The number of oxazole rings is 1. The van der Waals surface area contributed by atoms with E-state index in [1.54, 1.807) is 43.2 Å². The molecule has 43 heavy (non-hydrogen) atoms. The maximum atomic E-state index is 15.7. The molecule has 1 amide bonds. The Morgan fingerprint density at radius 2 is 1.86 bits per heavy atom. The summed E-state index contributed by atoms with van der Waals surface area (Å²) in [5, 5.41) is 13.8. The number of rotatable bonds is 11. The number of carbonyl (C=O) groups excluding carboxylic acids is 1. The lowest BCUT2D eigenvalue weighted by Crippen LogP contribution is -2.48. The number of anilines is 2. The third kappa shape index (κ3) is 7.14. The number of nitrogens with one attached hydrogen (secondary N) is 1. The maximum absolute atomic E-state index is 15.7. The van der Waals surface area contributed by atoms with Crippen LogP contribution in [0.1, 0.15) is 49.7 Å². The molecule has 0 radical (unpaired) electrons. The van der Waals surface area contributed by atoms with Gasteiger partial charge in [0, 0.05) is 30.9 Å². The van der Waals surface area contributed by atoms with Crippen LogP contribution in [-0.4, -0.2) is 77.4 Å². The summed E-state index contributed by atoms with van der Waals surface area (Å²) in [7, 11) is 3.36. The fourth-order valence-corrected chi connectivity index (χ4v) is 6.10. The summed E-state index contributed by atoms with van der Waals surface area (Å²) in [5.41, 5.74) is 1.58. The van der Waals surface area contributed by atoms with E-state index in [1.807, 2.05) is 0 Å². The Labute approximate surface area is 248 Å². The number of halogens is 2. The van der Waals surface area contributed by atoms with E-state index in [-0.39, 0.29) is 59.1 Å². The Morgan fingerprint density at radius 1 is 1.12 bits per heavy atom. The summed E-state index contributed by atoms with van der Waals surface area (Å²) in [5.74, 6) is -2.42. The van der Waals surface area contributed by atoms with Crippen LogP contribution in [0.15, 0.2) is 34.7 Å². The minimum absolute atomic E-state index is 0.0166. The van der Waals surface area contributed by atoms with Crippen LogP contribution in [0.5, 0.6) is 0 Å². The molecule has 1 saturated heterocycles. The lowest BCUT2D eigenvalue weighted by molar-refractivity contribution is -0.146. The first-order valence-electron chi connectivity index (χ1n) is 14.6. The first-order valence-corrected chi connectivity index (χ1v) is 14.6. The van der Waals surface area contributed by atoms with Crippen LogP contribution >= 0.6 is 0 Å². The number of hydroxylamine groups is 2. The summed E-state index contributed by atoms with van der Waals surface area (Å²) < 4.78 is 41.2. The fourth-order valence-electron chi connectivity index (χ4n) is 6.10. The molecule has 12 heteroatoms. The van der Waals surface area contributed by atoms with E-state index >= 15 is 4.39 Å². The first kappa shape index (κ1) is 30.8. The number of ether oxygens (including phenoxy) is 1. The Bertz CT molecular complexity index is 1460. The Balaban J connectivity index is 1.29. The molecule has 0 bridgehead atoms. The number of aryl methyl sites for hydroxylation is 1. The molecular formula is C31H38F2N4O6. The summed E-state index contributed by atoms with van der Waals surface area (Å²) >= 11 is 0. The number of aromatic nitrogens is 1. The van der Waals surface area contributed by atoms with Gasteiger partial charge in [0.1, 0.15) is 11.3 Å². The van der Waals surface area contributed by atoms with Crippen LogP contribution in [0, 0.1) is 24.5 Å². The minimum Gasteiger partial charge on any atom is -0.481 e. The Kier molecular flexibility index (Phi) is 9.58. The van der Waals surface area contributed by atoms with Crippen molar-refractivity contribution in [3.63, 3.8) is 0 Å². The lowest BCUT2D eigenvalue weighted by atomic mass is 9.87. The van der Waals surface area contributed by atoms with Gasteiger partial charge in [0.05, 0.1) is 38.2 Å². The summed E-state index contributed by atoms with van der Waals surface area (Å²) in [6, 6.07) is 7.08. The summed E-state index contributed by atoms with van der Waals surface area (Å²) in [6.07, 6.45) is 3.76. The van der Waals surface area contributed by atoms with Crippen molar-refractivity contribution in [2.45, 2.75) is 70.1 Å². The SMILES string of the molecule is CON(C)C[C@@H]1CC[C@@H](COC2CCC(C(=O)O)CC2)N1C(=O)Cc1ccc2nc(Nc3cc(F)ccc3C)oc2c1F. The normalized spacial score (nSPS) is 22.4. The van der Waals surface area contributed by atoms with Crippen molar-refractivity contribution in [1.82, 2.24) is 14.9 Å². The van der Waals surface area contributed by atoms with Gasteiger partial charge in [-0.05, 0) is 69.2 Å². The molecule has 1 aromatic heterocycles. The molecule has 5 rings (SSSR count). The lowest BCUT2D eigenvalue weighted by Gasteiger charge is -2.34. The van der Waals surface area contributed by atoms with Crippen LogP contribution in [-0.2, 0) is 25.6 Å². The predicted molar refractivity (Wildman–Crippen MR) is 155 cm³/mol. The second kappa shape index (κ2) is 13.4. The quantitative estimate of drug-likeness (QED) is 0.286. The highest BCUT2D eigenvalue weighted by Gasteiger charge is 2.38. The van der Waals surface area contributed by atoms with Crippen LogP contribution in [0.3, 0.4) is 0 Å². The predicted octanol–water partition coefficient (Wildman–Crippen LogP) is 5.21. The third-order valence-corrected chi connectivity index (χ3v) is 8.60. The third-order valence-electron chi connectivity index (χ3n) is 8.60. The van der Waals surface area contributed by atoms with E-state index in [0.29, 0.717) is 44.5 Å². The van der Waals surface area contributed by atoms with Gasteiger partial charge in [0.15, 0.2) is 11.4 Å². The number of carboxylic acids is 1. The van der Waals surface area contributed by atoms with Crippen LogP contribution in [0.4, 0.5) is 20.5 Å². The van der Waals surface area contributed by atoms with Crippen LogP contribution in [0.25, 0.3) is 11.1 Å². The van der Waals surface area contributed by atoms with Crippen molar-refractivity contribution in [2.75, 3.05) is 32.6 Å². The van der Waals surface area contributed by atoms with E-state index in [0.717, 1.165) is 18.4 Å². The maximum Gasteiger partial charge on any atom is 0.306 e. The van der Waals surface area contributed by atoms with Gasteiger partial charge in [-0.2, -0.15) is 10.0 Å². The highest BCUT2D eigenvalue weighted by Crippen LogP contribution is 2.32. The highest BCUT2D eigenvalue weighted by atomic mass is 19.1. The molecule has 232 valence electrons. The molecule has 3 aromatic rings. The summed E-state index contributed by atoms with van der Waals surface area (Å²) in [6.45, 7) is 2.62. The Morgan fingerprint density at radius 3 is 2.58 bits per heavy atom. The largest absolute Gasteiger partial charge is 0.481 e. The molecule has 2 N–H and O–H groups in total. The zero-order valence-corrected chi connectivity index (χ0v) is 24.6. The molecule has 1 aliphatic heterocycles. The molecule has 2 heterocycles. The Hall–Kier alpha value is -3.61. The topological polar surface area (TPSA) is 117 Å². The number of nitrogens with zero attached hydrogens (tertiary/aromatic N) is 3. The van der Waals surface area contributed by atoms with Crippen molar-refractivity contribution in [1.29, 1.82) is 0 Å². The van der Waals surface area contributed by atoms with Crippen molar-refractivity contribution >= 4 is 34.7 Å². The van der Waals surface area contributed by atoms with Gasteiger partial charge < -0.3 is 29.3 Å². The number of aliphatic carboxylic acids is 1. The van der Waals surface area contributed by atoms with Crippen molar-refractivity contribution in [2.24, 2.45) is 5.92 Å². The molecule has 2 fully saturated rings. The fraction of sp³-hybridized carbons (Fsp3) is 0.516. The molecule has 2 aromatic carbocycles. The second-order valence-electron chi connectivity index (χ2n) is 11.5. The van der Waals surface area contributed by atoms with E-state index in [2.05, 4.69) is 10.3 Å². The van der Waals surface area contributed by atoms with E-state index in [1.165, 1.54) is 18.2 Å². The number of likely N-dealkylation sites (tertiary alicyclic amines) is 1. The van der Waals surface area contributed by atoms with Gasteiger partial charge in [-0.3, -0.25) is 9.59 Å². The highest BCUT2D eigenvalue weighted by molar-refractivity contribution is 5.83. The van der Waals surface area contributed by atoms with Crippen LogP contribution < -0.4 is 5.32 Å². The number of hydrogen-bond donors (Lipinski definition) is 2. The van der Waals surface area contributed by atoms with E-state index in [4.69, 9.17) is 14.0 Å². The number of amides is 1.